The van der Waals surface area contributed by atoms with E-state index in [9.17, 15) is 0 Å². The van der Waals surface area contributed by atoms with E-state index in [1.807, 2.05) is 59.3 Å². The van der Waals surface area contributed by atoms with Gasteiger partial charge in [-0.3, -0.25) is 4.99 Å². The van der Waals surface area contributed by atoms with Gasteiger partial charge in [-0.1, -0.05) is 23.8 Å². The Labute approximate surface area is 152 Å². The summed E-state index contributed by atoms with van der Waals surface area (Å²) in [6.45, 7) is 2.66. The van der Waals surface area contributed by atoms with Crippen molar-refractivity contribution >= 4 is 41.3 Å². The van der Waals surface area contributed by atoms with Gasteiger partial charge in [-0.05, 0) is 31.2 Å². The molecule has 0 aliphatic carbocycles. The fourth-order valence-corrected chi connectivity index (χ4v) is 2.22. The fourth-order valence-electron chi connectivity index (χ4n) is 2.22. The quantitative estimate of drug-likeness (QED) is 0.386. The Morgan fingerprint density at radius 1 is 1.22 bits per heavy atom. The molecule has 0 bridgehead atoms. The molecule has 23 heavy (non-hydrogen) atoms. The van der Waals surface area contributed by atoms with Crippen LogP contribution in [0.4, 0.5) is 5.69 Å². The smallest absolute Gasteiger partial charge is 0.193 e. The summed E-state index contributed by atoms with van der Waals surface area (Å²) in [7, 11) is 0. The average Bonchev–Trinajstić information content (AvgIpc) is 2.92. The number of guanidine groups is 1. The van der Waals surface area contributed by atoms with Crippen molar-refractivity contribution in [2.75, 3.05) is 11.9 Å². The number of aryl methyl sites for hydroxylation is 1. The van der Waals surface area contributed by atoms with Crippen LogP contribution in [0.15, 0.2) is 59.9 Å². The van der Waals surface area contributed by atoms with Gasteiger partial charge in [-0.25, -0.2) is 4.98 Å². The highest BCUT2D eigenvalue weighted by Crippen LogP contribution is 2.08. The van der Waals surface area contributed by atoms with E-state index in [2.05, 4.69) is 22.2 Å². The molecular weight excluding hydrogens is 401 g/mol. The minimum absolute atomic E-state index is 0. The molecule has 0 spiro atoms. The number of nitrogens with one attached hydrogen (secondary N) is 1. The molecule has 0 fully saturated rings. The SMILES string of the molecule is Cc1ccc(NC(N)=NCCc2cn3ccccc3n2)cc1.I. The predicted molar refractivity (Wildman–Crippen MR) is 106 cm³/mol. The number of fused-ring (bicyclic) bond motifs is 1. The zero-order chi connectivity index (χ0) is 15.4. The van der Waals surface area contributed by atoms with Crippen molar-refractivity contribution in [1.29, 1.82) is 0 Å². The Kier molecular flexibility index (Phi) is 5.97. The first kappa shape index (κ1) is 17.3. The molecule has 0 amide bonds. The first-order valence-electron chi connectivity index (χ1n) is 7.27. The minimum Gasteiger partial charge on any atom is -0.370 e. The van der Waals surface area contributed by atoms with Crippen molar-refractivity contribution < 1.29 is 0 Å². The van der Waals surface area contributed by atoms with Crippen molar-refractivity contribution in [3.8, 4) is 0 Å². The molecule has 0 aliphatic heterocycles. The lowest BCUT2D eigenvalue weighted by molar-refractivity contribution is 0.934. The first-order chi connectivity index (χ1) is 10.7. The van der Waals surface area contributed by atoms with Crippen LogP contribution in [0.25, 0.3) is 5.65 Å². The van der Waals surface area contributed by atoms with Crippen molar-refractivity contribution in [3.05, 3.63) is 66.1 Å². The molecule has 3 aromatic rings. The van der Waals surface area contributed by atoms with Gasteiger partial charge >= 0.3 is 0 Å². The van der Waals surface area contributed by atoms with Crippen LogP contribution in [0.1, 0.15) is 11.3 Å². The predicted octanol–water partition coefficient (Wildman–Crippen LogP) is 3.23. The largest absolute Gasteiger partial charge is 0.370 e. The number of imidazole rings is 1. The van der Waals surface area contributed by atoms with Gasteiger partial charge in [0, 0.05) is 31.0 Å². The zero-order valence-corrected chi connectivity index (χ0v) is 15.3. The molecule has 0 saturated carbocycles. The summed E-state index contributed by atoms with van der Waals surface area (Å²) in [6, 6.07) is 14.0. The maximum atomic E-state index is 5.90. The third kappa shape index (κ3) is 4.69. The number of aliphatic imine (C=N–C) groups is 1. The van der Waals surface area contributed by atoms with E-state index in [1.54, 1.807) is 0 Å². The number of nitrogens with two attached hydrogens (primary N) is 1. The second-order valence-corrected chi connectivity index (χ2v) is 5.21. The number of halogens is 1. The van der Waals surface area contributed by atoms with Crippen LogP contribution in [0, 0.1) is 6.92 Å². The minimum atomic E-state index is 0. The lowest BCUT2D eigenvalue weighted by Gasteiger charge is -2.05. The maximum absolute atomic E-state index is 5.90. The number of pyridine rings is 1. The Bertz CT molecular complexity index is 759. The van der Waals surface area contributed by atoms with Crippen LogP contribution < -0.4 is 11.1 Å². The summed E-state index contributed by atoms with van der Waals surface area (Å²) < 4.78 is 2.01. The molecule has 3 rings (SSSR count). The summed E-state index contributed by atoms with van der Waals surface area (Å²) in [4.78, 5) is 8.88. The molecule has 0 atom stereocenters. The van der Waals surface area contributed by atoms with E-state index in [-0.39, 0.29) is 24.0 Å². The van der Waals surface area contributed by atoms with E-state index >= 15 is 0 Å². The Balaban J connectivity index is 0.00000192. The lowest BCUT2D eigenvalue weighted by Crippen LogP contribution is -2.23. The van der Waals surface area contributed by atoms with Crippen LogP contribution in [-0.4, -0.2) is 21.9 Å². The number of benzene rings is 1. The third-order valence-electron chi connectivity index (χ3n) is 3.39. The number of anilines is 1. The molecule has 0 aliphatic rings. The number of aromatic nitrogens is 2. The third-order valence-corrected chi connectivity index (χ3v) is 3.39. The molecule has 120 valence electrons. The standard InChI is InChI=1S/C17H19N5.HI/c1-13-5-7-14(8-6-13)21-17(18)19-10-9-15-12-22-11-3-2-4-16(22)20-15;/h2-8,11-12H,9-10H2,1H3,(H3,18,19,21);1H. The molecule has 1 aromatic carbocycles. The van der Waals surface area contributed by atoms with Gasteiger partial charge in [0.25, 0.3) is 0 Å². The van der Waals surface area contributed by atoms with Gasteiger partial charge in [0.15, 0.2) is 5.96 Å². The summed E-state index contributed by atoms with van der Waals surface area (Å²) in [5, 5.41) is 3.08. The highest BCUT2D eigenvalue weighted by molar-refractivity contribution is 14.0. The lowest BCUT2D eigenvalue weighted by atomic mass is 10.2. The normalized spacial score (nSPS) is 11.3. The topological polar surface area (TPSA) is 67.7 Å². The first-order valence-corrected chi connectivity index (χ1v) is 7.27. The Morgan fingerprint density at radius 3 is 2.74 bits per heavy atom. The molecule has 3 N–H and O–H groups in total. The van der Waals surface area contributed by atoms with Crippen LogP contribution in [0.3, 0.4) is 0 Å². The molecule has 0 saturated heterocycles. The van der Waals surface area contributed by atoms with E-state index in [0.717, 1.165) is 23.4 Å². The highest BCUT2D eigenvalue weighted by Gasteiger charge is 2.00. The molecule has 6 heteroatoms. The van der Waals surface area contributed by atoms with E-state index in [1.165, 1.54) is 5.56 Å². The monoisotopic (exact) mass is 421 g/mol. The van der Waals surface area contributed by atoms with Crippen molar-refractivity contribution in [3.63, 3.8) is 0 Å². The van der Waals surface area contributed by atoms with Gasteiger partial charge in [-0.2, -0.15) is 0 Å². The summed E-state index contributed by atoms with van der Waals surface area (Å²) >= 11 is 0. The van der Waals surface area contributed by atoms with Crippen LogP contribution in [0.5, 0.6) is 0 Å². The van der Waals surface area contributed by atoms with E-state index < -0.39 is 0 Å². The van der Waals surface area contributed by atoms with E-state index in [0.29, 0.717) is 12.5 Å². The molecule has 2 aromatic heterocycles. The second kappa shape index (κ2) is 7.96. The Hall–Kier alpha value is -2.09. The molecule has 0 unspecified atom stereocenters. The highest BCUT2D eigenvalue weighted by atomic mass is 127. The molecular formula is C17H20IN5. The molecule has 5 nitrogen and oxygen atoms in total. The summed E-state index contributed by atoms with van der Waals surface area (Å²) in [5.41, 5.74) is 10.0. The van der Waals surface area contributed by atoms with Crippen molar-refractivity contribution in [1.82, 2.24) is 9.38 Å². The van der Waals surface area contributed by atoms with Gasteiger partial charge in [0.2, 0.25) is 0 Å². The van der Waals surface area contributed by atoms with Gasteiger partial charge in [-0.15, -0.1) is 24.0 Å². The summed E-state index contributed by atoms with van der Waals surface area (Å²) in [6.07, 6.45) is 4.77. The number of hydrogen-bond donors (Lipinski definition) is 2. The van der Waals surface area contributed by atoms with Gasteiger partial charge in [0.1, 0.15) is 5.65 Å². The Morgan fingerprint density at radius 2 is 2.00 bits per heavy atom. The van der Waals surface area contributed by atoms with Crippen molar-refractivity contribution in [2.45, 2.75) is 13.3 Å². The van der Waals surface area contributed by atoms with Gasteiger partial charge in [0.05, 0.1) is 5.69 Å². The number of hydrogen-bond acceptors (Lipinski definition) is 2. The number of rotatable bonds is 4. The van der Waals surface area contributed by atoms with Crippen molar-refractivity contribution in [2.24, 2.45) is 10.7 Å². The molecule has 0 radical (unpaired) electrons. The summed E-state index contributed by atoms with van der Waals surface area (Å²) in [5.74, 6) is 0.424. The fraction of sp³-hybridized carbons (Fsp3) is 0.176. The van der Waals surface area contributed by atoms with E-state index in [4.69, 9.17) is 5.73 Å². The van der Waals surface area contributed by atoms with Crippen LogP contribution >= 0.6 is 24.0 Å². The number of nitrogens with zero attached hydrogens (tertiary/aromatic N) is 3. The maximum Gasteiger partial charge on any atom is 0.193 e. The second-order valence-electron chi connectivity index (χ2n) is 5.21. The van der Waals surface area contributed by atoms with Gasteiger partial charge < -0.3 is 15.5 Å². The average molecular weight is 421 g/mol. The van der Waals surface area contributed by atoms with Crippen LogP contribution in [0.2, 0.25) is 0 Å². The molecule has 2 heterocycles. The van der Waals surface area contributed by atoms with Crippen LogP contribution in [-0.2, 0) is 6.42 Å². The zero-order valence-electron chi connectivity index (χ0n) is 12.9.